The lowest BCUT2D eigenvalue weighted by atomic mass is 10.0. The molecule has 7 nitrogen and oxygen atoms in total. The largest absolute Gasteiger partial charge is 0.340 e. The summed E-state index contributed by atoms with van der Waals surface area (Å²) in [5, 5.41) is 2.61. The monoisotopic (exact) mass is 623 g/mol. The Bertz CT molecular complexity index is 1420. The van der Waals surface area contributed by atoms with Gasteiger partial charge in [-0.25, -0.2) is 8.42 Å². The molecule has 0 spiro atoms. The van der Waals surface area contributed by atoms with E-state index in [9.17, 15) is 18.0 Å². The summed E-state index contributed by atoms with van der Waals surface area (Å²) in [7, 11) is -4.12. The maximum Gasteiger partial charge on any atom is 0.265 e. The highest BCUT2D eigenvalue weighted by Gasteiger charge is 2.33. The lowest BCUT2D eigenvalue weighted by molar-refractivity contribution is -0.121. The van der Waals surface area contributed by atoms with Crippen LogP contribution in [0.15, 0.2) is 76.1 Å². The molecule has 1 aliphatic heterocycles. The number of rotatable bonds is 7. The predicted octanol–water partition coefficient (Wildman–Crippen LogP) is 5.90. The molecule has 37 heavy (non-hydrogen) atoms. The first-order chi connectivity index (χ1) is 17.6. The number of hydrogen-bond acceptors (Lipinski definition) is 4. The van der Waals surface area contributed by atoms with Crippen molar-refractivity contribution in [3.05, 3.63) is 86.8 Å². The number of nitrogens with zero attached hydrogens (tertiary/aromatic N) is 2. The van der Waals surface area contributed by atoms with E-state index in [4.69, 9.17) is 23.2 Å². The van der Waals surface area contributed by atoms with Crippen molar-refractivity contribution in [3.63, 3.8) is 0 Å². The second-order valence-electron chi connectivity index (χ2n) is 8.40. The van der Waals surface area contributed by atoms with Gasteiger partial charge in [0.15, 0.2) is 0 Å². The Hall–Kier alpha value is -2.59. The summed E-state index contributed by atoms with van der Waals surface area (Å²) in [5.41, 5.74) is 1.11. The van der Waals surface area contributed by atoms with Gasteiger partial charge in [-0.2, -0.15) is 0 Å². The minimum absolute atomic E-state index is 0.0165. The molecule has 1 heterocycles. The first-order valence-corrected chi connectivity index (χ1v) is 14.6. The third-order valence-electron chi connectivity index (χ3n) is 6.05. The number of carbonyl (C=O) groups excluding carboxylic acids is 2. The zero-order valence-electron chi connectivity index (χ0n) is 19.8. The molecule has 0 aromatic heterocycles. The van der Waals surface area contributed by atoms with Crippen molar-refractivity contribution in [3.8, 4) is 0 Å². The average Bonchev–Trinajstić information content (AvgIpc) is 2.86. The number of benzene rings is 3. The minimum Gasteiger partial charge on any atom is -0.340 e. The number of anilines is 2. The number of carbonyl (C=O) groups is 2. The van der Waals surface area contributed by atoms with Crippen molar-refractivity contribution in [2.45, 2.75) is 30.7 Å². The van der Waals surface area contributed by atoms with Crippen LogP contribution >= 0.6 is 39.1 Å². The van der Waals surface area contributed by atoms with E-state index in [0.29, 0.717) is 25.1 Å². The number of nitrogens with one attached hydrogen (secondary N) is 1. The van der Waals surface area contributed by atoms with E-state index in [1.54, 1.807) is 42.2 Å². The van der Waals surface area contributed by atoms with Crippen molar-refractivity contribution in [1.82, 2.24) is 5.32 Å². The Labute approximate surface area is 234 Å². The second-order valence-corrected chi connectivity index (χ2v) is 12.0. The third-order valence-corrected chi connectivity index (χ3v) is 9.26. The van der Waals surface area contributed by atoms with Gasteiger partial charge in [0, 0.05) is 23.2 Å². The number of para-hydroxylation sites is 1. The van der Waals surface area contributed by atoms with Gasteiger partial charge in [0.2, 0.25) is 5.91 Å². The molecule has 4 rings (SSSR count). The molecule has 1 fully saturated rings. The standard InChI is InChI=1S/C26H24BrCl2N3O4S/c1-2-32(19-7-4-3-5-8-19)37(35,36)24-15-20(21(28)16-22(24)29)25(33)30-23-9-6-14-31(26(23)34)18-12-10-17(27)11-13-18/h3-5,7-8,10-13,15-16,23H,2,6,9,14H2,1H3,(H,30,33). The molecule has 0 bridgehead atoms. The maximum absolute atomic E-state index is 13.5. The van der Waals surface area contributed by atoms with Crippen LogP contribution < -0.4 is 14.5 Å². The smallest absolute Gasteiger partial charge is 0.265 e. The SMILES string of the molecule is CCN(c1ccccc1)S(=O)(=O)c1cc(C(=O)NC2CCCN(c3ccc(Br)cc3)C2=O)c(Cl)cc1Cl. The average molecular weight is 625 g/mol. The number of piperidine rings is 1. The van der Waals surface area contributed by atoms with Crippen LogP contribution in [-0.4, -0.2) is 39.4 Å². The topological polar surface area (TPSA) is 86.8 Å². The maximum atomic E-state index is 13.5. The fourth-order valence-corrected chi connectivity index (χ4v) is 6.80. The van der Waals surface area contributed by atoms with Gasteiger partial charge >= 0.3 is 0 Å². The number of sulfonamides is 1. The Kier molecular flexibility index (Phi) is 8.48. The molecule has 3 aromatic rings. The van der Waals surface area contributed by atoms with Gasteiger partial charge < -0.3 is 10.2 Å². The molecule has 1 unspecified atom stereocenters. The van der Waals surface area contributed by atoms with E-state index in [0.717, 1.165) is 10.2 Å². The predicted molar refractivity (Wildman–Crippen MR) is 150 cm³/mol. The molecule has 11 heteroatoms. The van der Waals surface area contributed by atoms with E-state index in [1.165, 1.54) is 16.4 Å². The molecule has 1 aliphatic rings. The first kappa shape index (κ1) is 27.4. The molecular formula is C26H24BrCl2N3O4S. The van der Waals surface area contributed by atoms with E-state index < -0.39 is 22.0 Å². The van der Waals surface area contributed by atoms with E-state index in [-0.39, 0.29) is 33.0 Å². The van der Waals surface area contributed by atoms with Gasteiger partial charge in [-0.1, -0.05) is 57.3 Å². The van der Waals surface area contributed by atoms with Crippen molar-refractivity contribution in [2.24, 2.45) is 0 Å². The summed E-state index contributed by atoms with van der Waals surface area (Å²) in [5.74, 6) is -0.905. The van der Waals surface area contributed by atoms with Crippen LogP contribution in [0.5, 0.6) is 0 Å². The zero-order chi connectivity index (χ0) is 26.7. The van der Waals surface area contributed by atoms with Crippen LogP contribution in [0.2, 0.25) is 10.0 Å². The quantitative estimate of drug-likeness (QED) is 0.355. The summed E-state index contributed by atoms with van der Waals surface area (Å²) < 4.78 is 29.2. The second kappa shape index (κ2) is 11.4. The highest BCUT2D eigenvalue weighted by atomic mass is 79.9. The van der Waals surface area contributed by atoms with Crippen molar-refractivity contribution in [2.75, 3.05) is 22.3 Å². The normalized spacial score (nSPS) is 15.9. The van der Waals surface area contributed by atoms with Crippen LogP contribution in [-0.2, 0) is 14.8 Å². The summed E-state index contributed by atoms with van der Waals surface area (Å²) in [6.45, 7) is 2.38. The van der Waals surface area contributed by atoms with E-state index in [2.05, 4.69) is 21.2 Å². The van der Waals surface area contributed by atoms with Crippen LogP contribution in [0.1, 0.15) is 30.1 Å². The Balaban J connectivity index is 1.61. The summed E-state index contributed by atoms with van der Waals surface area (Å²) in [6, 6.07) is 17.5. The Morgan fingerprint density at radius 1 is 1.08 bits per heavy atom. The van der Waals surface area contributed by atoms with Crippen LogP contribution in [0, 0.1) is 0 Å². The molecular weight excluding hydrogens is 601 g/mol. The van der Waals surface area contributed by atoms with Gasteiger partial charge in [0.25, 0.3) is 15.9 Å². The molecule has 1 saturated heterocycles. The summed E-state index contributed by atoms with van der Waals surface area (Å²) in [4.78, 5) is 27.8. The molecule has 0 aliphatic carbocycles. The Morgan fingerprint density at radius 3 is 2.41 bits per heavy atom. The summed E-state index contributed by atoms with van der Waals surface area (Å²) in [6.07, 6.45) is 1.13. The number of amides is 2. The third kappa shape index (κ3) is 5.80. The lowest BCUT2D eigenvalue weighted by Crippen LogP contribution is -2.52. The fraction of sp³-hybridized carbons (Fsp3) is 0.231. The molecule has 194 valence electrons. The molecule has 0 radical (unpaired) electrons. The van der Waals surface area contributed by atoms with Gasteiger partial charge in [-0.3, -0.25) is 13.9 Å². The van der Waals surface area contributed by atoms with Crippen molar-refractivity contribution < 1.29 is 18.0 Å². The van der Waals surface area contributed by atoms with Crippen LogP contribution in [0.4, 0.5) is 11.4 Å². The van der Waals surface area contributed by atoms with Gasteiger partial charge in [0.1, 0.15) is 10.9 Å². The van der Waals surface area contributed by atoms with E-state index in [1.807, 2.05) is 24.3 Å². The van der Waals surface area contributed by atoms with Gasteiger partial charge in [-0.05, 0) is 68.3 Å². The van der Waals surface area contributed by atoms with Gasteiger partial charge in [0.05, 0.1) is 21.3 Å². The highest BCUT2D eigenvalue weighted by Crippen LogP contribution is 2.33. The first-order valence-electron chi connectivity index (χ1n) is 11.6. The fourth-order valence-electron chi connectivity index (χ4n) is 4.23. The van der Waals surface area contributed by atoms with Gasteiger partial charge in [-0.15, -0.1) is 0 Å². The molecule has 1 N–H and O–H groups in total. The van der Waals surface area contributed by atoms with Crippen molar-refractivity contribution in [1.29, 1.82) is 0 Å². The molecule has 1 atom stereocenters. The highest BCUT2D eigenvalue weighted by molar-refractivity contribution is 9.10. The minimum atomic E-state index is -4.12. The van der Waals surface area contributed by atoms with E-state index >= 15 is 0 Å². The lowest BCUT2D eigenvalue weighted by Gasteiger charge is -2.32. The van der Waals surface area contributed by atoms with Crippen LogP contribution in [0.25, 0.3) is 0 Å². The Morgan fingerprint density at radius 2 is 1.76 bits per heavy atom. The number of halogens is 3. The number of hydrogen-bond donors (Lipinski definition) is 1. The molecule has 0 saturated carbocycles. The molecule has 3 aromatic carbocycles. The van der Waals surface area contributed by atoms with Crippen LogP contribution in [0.3, 0.4) is 0 Å². The summed E-state index contributed by atoms with van der Waals surface area (Å²) >= 11 is 16.0. The molecule has 2 amide bonds. The zero-order valence-corrected chi connectivity index (χ0v) is 23.7. The van der Waals surface area contributed by atoms with Crippen molar-refractivity contribution >= 4 is 72.3 Å².